The number of amides is 1. The van der Waals surface area contributed by atoms with E-state index in [9.17, 15) is 4.79 Å². The molecule has 0 saturated heterocycles. The minimum Gasteiger partial charge on any atom is -0.354 e. The van der Waals surface area contributed by atoms with Crippen molar-refractivity contribution in [3.63, 3.8) is 0 Å². The van der Waals surface area contributed by atoms with Crippen LogP contribution in [-0.4, -0.2) is 29.3 Å². The van der Waals surface area contributed by atoms with Crippen LogP contribution in [0.3, 0.4) is 0 Å². The van der Waals surface area contributed by atoms with E-state index in [1.807, 2.05) is 64.7 Å². The maximum atomic E-state index is 11.4. The number of para-hydroxylation sites is 1. The van der Waals surface area contributed by atoms with Crippen LogP contribution in [0.4, 0.5) is 0 Å². The Morgan fingerprint density at radius 2 is 1.75 bits per heavy atom. The lowest BCUT2D eigenvalue weighted by atomic mass is 10.1. The van der Waals surface area contributed by atoms with Crippen molar-refractivity contribution in [1.82, 2.24) is 15.1 Å². The Kier molecular flexibility index (Phi) is 5.03. The third-order valence-electron chi connectivity index (χ3n) is 3.83. The number of benzene rings is 2. The van der Waals surface area contributed by atoms with Crippen LogP contribution < -0.4 is 10.6 Å². The molecular formula is C19H21N4O+. The van der Waals surface area contributed by atoms with Gasteiger partial charge in [0.25, 0.3) is 5.91 Å². The number of nitrogens with one attached hydrogen (secondary N) is 1. The van der Waals surface area contributed by atoms with Gasteiger partial charge in [0.15, 0.2) is 6.54 Å². The second kappa shape index (κ2) is 7.57. The number of likely N-dealkylation sites (N-methyl/N-ethyl adjacent to an activating group) is 1. The van der Waals surface area contributed by atoms with E-state index in [-0.39, 0.29) is 5.91 Å². The van der Waals surface area contributed by atoms with Crippen molar-refractivity contribution in [2.45, 2.75) is 6.54 Å². The first kappa shape index (κ1) is 16.0. The fraction of sp³-hybridized carbons (Fsp3) is 0.158. The summed E-state index contributed by atoms with van der Waals surface area (Å²) in [6.45, 7) is 1.10. The molecule has 0 aliphatic carbocycles. The molecule has 1 amide bonds. The van der Waals surface area contributed by atoms with E-state index < -0.39 is 0 Å². The van der Waals surface area contributed by atoms with Crippen molar-refractivity contribution < 1.29 is 10.1 Å². The highest BCUT2D eigenvalue weighted by atomic mass is 16.1. The standard InChI is InChI=1S/C19H20N4O/c1-20-18(24)13-21-12-16-14-23(17-10-6-3-7-11-17)22-19(16)15-8-4-2-5-9-15/h2-11,14,21H,12-13H2,1H3,(H,20,24)/p+1. The number of carbonyl (C=O) groups is 1. The number of nitrogens with zero attached hydrogens (tertiary/aromatic N) is 2. The summed E-state index contributed by atoms with van der Waals surface area (Å²) >= 11 is 0. The Bertz CT molecular complexity index is 797. The smallest absolute Gasteiger partial charge is 0.274 e. The van der Waals surface area contributed by atoms with E-state index in [4.69, 9.17) is 5.10 Å². The highest BCUT2D eigenvalue weighted by Crippen LogP contribution is 2.22. The monoisotopic (exact) mass is 321 g/mol. The Balaban J connectivity index is 1.90. The van der Waals surface area contributed by atoms with E-state index in [2.05, 4.69) is 17.4 Å². The summed E-state index contributed by atoms with van der Waals surface area (Å²) in [4.78, 5) is 11.4. The summed E-state index contributed by atoms with van der Waals surface area (Å²) in [7, 11) is 1.65. The highest BCUT2D eigenvalue weighted by molar-refractivity contribution is 5.76. The molecular weight excluding hydrogens is 300 g/mol. The lowest BCUT2D eigenvalue weighted by molar-refractivity contribution is -0.659. The molecule has 24 heavy (non-hydrogen) atoms. The van der Waals surface area contributed by atoms with Crippen LogP contribution in [-0.2, 0) is 11.3 Å². The van der Waals surface area contributed by atoms with Crippen LogP contribution in [0.25, 0.3) is 16.9 Å². The van der Waals surface area contributed by atoms with Gasteiger partial charge in [-0.05, 0) is 12.1 Å². The molecule has 0 fully saturated rings. The van der Waals surface area contributed by atoms with Gasteiger partial charge in [-0.1, -0.05) is 48.5 Å². The summed E-state index contributed by atoms with van der Waals surface area (Å²) in [5, 5.41) is 9.39. The number of aromatic nitrogens is 2. The topological polar surface area (TPSA) is 63.5 Å². The van der Waals surface area contributed by atoms with Gasteiger partial charge >= 0.3 is 0 Å². The van der Waals surface area contributed by atoms with Crippen LogP contribution in [0.15, 0.2) is 66.9 Å². The predicted molar refractivity (Wildman–Crippen MR) is 93.6 cm³/mol. The lowest BCUT2D eigenvalue weighted by Gasteiger charge is -2.02. The third kappa shape index (κ3) is 3.70. The molecule has 3 rings (SSSR count). The molecule has 0 saturated carbocycles. The summed E-state index contributed by atoms with van der Waals surface area (Å²) < 4.78 is 1.89. The van der Waals surface area contributed by atoms with Crippen molar-refractivity contribution in [2.24, 2.45) is 0 Å². The van der Waals surface area contributed by atoms with Crippen molar-refractivity contribution >= 4 is 5.91 Å². The molecule has 1 aromatic heterocycles. The molecule has 2 aromatic carbocycles. The maximum absolute atomic E-state index is 11.4. The van der Waals surface area contributed by atoms with Gasteiger partial charge in [0, 0.05) is 18.8 Å². The van der Waals surface area contributed by atoms with Crippen LogP contribution in [0.1, 0.15) is 5.56 Å². The fourth-order valence-corrected chi connectivity index (χ4v) is 2.57. The van der Waals surface area contributed by atoms with Crippen LogP contribution >= 0.6 is 0 Å². The largest absolute Gasteiger partial charge is 0.354 e. The normalized spacial score (nSPS) is 10.5. The van der Waals surface area contributed by atoms with E-state index in [0.29, 0.717) is 13.1 Å². The second-order valence-corrected chi connectivity index (χ2v) is 5.52. The molecule has 5 heteroatoms. The number of hydrogen-bond donors (Lipinski definition) is 2. The van der Waals surface area contributed by atoms with Gasteiger partial charge < -0.3 is 10.6 Å². The van der Waals surface area contributed by atoms with Crippen molar-refractivity contribution in [2.75, 3.05) is 13.6 Å². The predicted octanol–water partition coefficient (Wildman–Crippen LogP) is 1.35. The van der Waals surface area contributed by atoms with Crippen LogP contribution in [0.2, 0.25) is 0 Å². The van der Waals surface area contributed by atoms with Crippen LogP contribution in [0, 0.1) is 0 Å². The summed E-state index contributed by atoms with van der Waals surface area (Å²) in [6.07, 6.45) is 2.04. The Morgan fingerprint density at radius 3 is 2.42 bits per heavy atom. The molecule has 0 unspecified atom stereocenters. The summed E-state index contributed by atoms with van der Waals surface area (Å²) in [5.74, 6) is 0.0201. The third-order valence-corrected chi connectivity index (χ3v) is 3.83. The molecule has 1 heterocycles. The SMILES string of the molecule is CNC(=O)C[NH2+]Cc1cn(-c2ccccc2)nc1-c1ccccc1. The van der Waals surface area contributed by atoms with Gasteiger partial charge in [-0.25, -0.2) is 4.68 Å². The van der Waals surface area contributed by atoms with Crippen molar-refractivity contribution in [3.8, 4) is 16.9 Å². The highest BCUT2D eigenvalue weighted by Gasteiger charge is 2.14. The summed E-state index contributed by atoms with van der Waals surface area (Å²) in [5.41, 5.74) is 4.16. The molecule has 0 radical (unpaired) electrons. The van der Waals surface area contributed by atoms with Gasteiger partial charge in [0.2, 0.25) is 0 Å². The molecule has 0 aliphatic rings. The minimum absolute atomic E-state index is 0.0201. The first-order chi connectivity index (χ1) is 11.8. The molecule has 122 valence electrons. The zero-order valence-corrected chi connectivity index (χ0v) is 13.6. The van der Waals surface area contributed by atoms with Gasteiger partial charge in [0.05, 0.1) is 11.3 Å². The lowest BCUT2D eigenvalue weighted by Crippen LogP contribution is -2.85. The maximum Gasteiger partial charge on any atom is 0.274 e. The number of quaternary nitrogens is 1. The van der Waals surface area contributed by atoms with Gasteiger partial charge in [0.1, 0.15) is 12.2 Å². The van der Waals surface area contributed by atoms with E-state index in [1.54, 1.807) is 7.05 Å². The first-order valence-electron chi connectivity index (χ1n) is 7.99. The molecule has 0 aliphatic heterocycles. The van der Waals surface area contributed by atoms with Crippen molar-refractivity contribution in [3.05, 3.63) is 72.4 Å². The minimum atomic E-state index is 0.0201. The number of hydrogen-bond acceptors (Lipinski definition) is 2. The number of nitrogens with two attached hydrogens (primary N) is 1. The molecule has 0 atom stereocenters. The average Bonchev–Trinajstić information content (AvgIpc) is 3.07. The zero-order chi connectivity index (χ0) is 16.8. The first-order valence-corrected chi connectivity index (χ1v) is 7.99. The van der Waals surface area contributed by atoms with E-state index >= 15 is 0 Å². The van der Waals surface area contributed by atoms with E-state index in [0.717, 1.165) is 22.5 Å². The van der Waals surface area contributed by atoms with E-state index in [1.165, 1.54) is 0 Å². The molecule has 0 bridgehead atoms. The average molecular weight is 321 g/mol. The molecule has 0 spiro atoms. The molecule has 3 aromatic rings. The zero-order valence-electron chi connectivity index (χ0n) is 13.6. The number of carbonyl (C=O) groups excluding carboxylic acids is 1. The van der Waals surface area contributed by atoms with Gasteiger partial charge in [-0.15, -0.1) is 0 Å². The Morgan fingerprint density at radius 1 is 1.08 bits per heavy atom. The molecule has 5 nitrogen and oxygen atoms in total. The summed E-state index contributed by atoms with van der Waals surface area (Å²) in [6, 6.07) is 20.2. The number of rotatable bonds is 6. The van der Waals surface area contributed by atoms with Crippen molar-refractivity contribution in [1.29, 1.82) is 0 Å². The second-order valence-electron chi connectivity index (χ2n) is 5.52. The molecule has 3 N–H and O–H groups in total. The Labute approximate surface area is 141 Å². The van der Waals surface area contributed by atoms with Gasteiger partial charge in [-0.3, -0.25) is 4.79 Å². The van der Waals surface area contributed by atoms with Crippen LogP contribution in [0.5, 0.6) is 0 Å². The fourth-order valence-electron chi connectivity index (χ4n) is 2.57. The Hall–Kier alpha value is -2.92. The quantitative estimate of drug-likeness (QED) is 0.720. The van der Waals surface area contributed by atoms with Gasteiger partial charge in [-0.2, -0.15) is 5.10 Å².